The van der Waals surface area contributed by atoms with Crippen LogP contribution >= 0.6 is 0 Å². The van der Waals surface area contributed by atoms with E-state index in [4.69, 9.17) is 14.1 Å². The van der Waals surface area contributed by atoms with Crippen LogP contribution in [0.15, 0.2) is 82.2 Å². The number of fused-ring (bicyclic) bond motifs is 2. The number of nitrogens with one attached hydrogen (secondary N) is 1. The van der Waals surface area contributed by atoms with Crippen molar-refractivity contribution < 1.29 is 9.15 Å². The van der Waals surface area contributed by atoms with Crippen LogP contribution in [0.4, 0.5) is 5.69 Å². The van der Waals surface area contributed by atoms with Gasteiger partial charge < -0.3 is 14.1 Å². The van der Waals surface area contributed by atoms with Crippen molar-refractivity contribution in [3.8, 4) is 23.2 Å². The fourth-order valence-electron chi connectivity index (χ4n) is 3.32. The molecule has 0 radical (unpaired) electrons. The second-order valence-electron chi connectivity index (χ2n) is 6.75. The Bertz CT molecular complexity index is 1470. The summed E-state index contributed by atoms with van der Waals surface area (Å²) in [5.74, 6) is 1.35. The molecule has 0 atom stereocenters. The Hall–Kier alpha value is -4.37. The van der Waals surface area contributed by atoms with Gasteiger partial charge in [-0.3, -0.25) is 0 Å². The molecule has 0 amide bonds. The lowest BCUT2D eigenvalue weighted by molar-refractivity contribution is 0.414. The normalized spacial score (nSPS) is 11.7. The first kappa shape index (κ1) is 17.7. The zero-order chi connectivity index (χ0) is 20.5. The van der Waals surface area contributed by atoms with E-state index in [1.807, 2.05) is 54.6 Å². The first-order valence-electron chi connectivity index (χ1n) is 9.35. The minimum atomic E-state index is 0.393. The lowest BCUT2D eigenvalue weighted by Crippen LogP contribution is -2.06. The highest BCUT2D eigenvalue weighted by Crippen LogP contribution is 2.25. The van der Waals surface area contributed by atoms with Crippen LogP contribution in [0.5, 0.6) is 5.75 Å². The van der Waals surface area contributed by atoms with Gasteiger partial charge in [0.05, 0.1) is 41.0 Å². The molecule has 30 heavy (non-hydrogen) atoms. The number of hydrogen-bond acceptors (Lipinski definition) is 5. The first-order chi connectivity index (χ1) is 14.7. The Morgan fingerprint density at radius 3 is 2.77 bits per heavy atom. The summed E-state index contributed by atoms with van der Waals surface area (Å²) in [7, 11) is 1.61. The van der Waals surface area contributed by atoms with Gasteiger partial charge in [-0.15, -0.1) is 0 Å². The van der Waals surface area contributed by atoms with Gasteiger partial charge in [0.2, 0.25) is 5.55 Å². The van der Waals surface area contributed by atoms with Crippen molar-refractivity contribution in [1.82, 2.24) is 9.97 Å². The Morgan fingerprint density at radius 1 is 1.03 bits per heavy atom. The third-order valence-electron chi connectivity index (χ3n) is 4.81. The van der Waals surface area contributed by atoms with Crippen molar-refractivity contribution in [2.45, 2.75) is 0 Å². The first-order valence-corrected chi connectivity index (χ1v) is 9.35. The Balaban J connectivity index is 1.80. The number of aromatic amines is 1. The van der Waals surface area contributed by atoms with Crippen LogP contribution in [0.25, 0.3) is 33.4 Å². The molecule has 144 valence electrons. The predicted molar refractivity (Wildman–Crippen MR) is 114 cm³/mol. The highest BCUT2D eigenvalue weighted by Gasteiger charge is 2.12. The van der Waals surface area contributed by atoms with E-state index in [2.05, 4.69) is 16.0 Å². The SMILES string of the molecule is COc1ccc2cc(-c3nc4ccccc4[nH]3)c(=Nc3cccc(C#N)c3)oc2c1. The molecule has 0 aliphatic carbocycles. The number of rotatable bonds is 3. The topological polar surface area (TPSA) is 87.2 Å². The summed E-state index contributed by atoms with van der Waals surface area (Å²) >= 11 is 0. The maximum absolute atomic E-state index is 9.20. The van der Waals surface area contributed by atoms with Gasteiger partial charge in [-0.05, 0) is 48.5 Å². The molecule has 3 aromatic carbocycles. The molecule has 0 aliphatic heterocycles. The molecule has 6 nitrogen and oxygen atoms in total. The smallest absolute Gasteiger partial charge is 0.230 e. The second kappa shape index (κ2) is 7.22. The van der Waals surface area contributed by atoms with Gasteiger partial charge in [-0.25, -0.2) is 9.98 Å². The standard InChI is InChI=1S/C24H16N4O2/c1-29-18-10-9-16-12-19(23-27-20-7-2-3-8-21(20)28-23)24(30-22(16)13-18)26-17-6-4-5-15(11-17)14-25/h2-13H,1H3,(H,27,28). The van der Waals surface area contributed by atoms with Crippen molar-refractivity contribution in [3.63, 3.8) is 0 Å². The number of H-pyrrole nitrogens is 1. The van der Waals surface area contributed by atoms with Gasteiger partial charge in [0.15, 0.2) is 0 Å². The fraction of sp³-hybridized carbons (Fsp3) is 0.0417. The van der Waals surface area contributed by atoms with Gasteiger partial charge in [0, 0.05) is 11.5 Å². The fourth-order valence-corrected chi connectivity index (χ4v) is 3.32. The van der Waals surface area contributed by atoms with Crippen LogP contribution in [0.3, 0.4) is 0 Å². The lowest BCUT2D eigenvalue weighted by Gasteiger charge is -2.05. The maximum Gasteiger partial charge on any atom is 0.230 e. The van der Waals surface area contributed by atoms with Crippen LogP contribution in [-0.4, -0.2) is 17.1 Å². The number of aromatic nitrogens is 2. The van der Waals surface area contributed by atoms with Crippen LogP contribution in [0.2, 0.25) is 0 Å². The van der Waals surface area contributed by atoms with Crippen LogP contribution in [0, 0.1) is 11.3 Å². The van der Waals surface area contributed by atoms with Gasteiger partial charge >= 0.3 is 0 Å². The molecule has 2 aromatic heterocycles. The zero-order valence-corrected chi connectivity index (χ0v) is 16.1. The molecular formula is C24H16N4O2. The summed E-state index contributed by atoms with van der Waals surface area (Å²) in [6.07, 6.45) is 0. The van der Waals surface area contributed by atoms with Crippen LogP contribution in [0.1, 0.15) is 5.56 Å². The van der Waals surface area contributed by atoms with Crippen LogP contribution < -0.4 is 10.3 Å². The van der Waals surface area contributed by atoms with E-state index < -0.39 is 0 Å². The number of ether oxygens (including phenoxy) is 1. The van der Waals surface area contributed by atoms with Crippen LogP contribution in [-0.2, 0) is 0 Å². The summed E-state index contributed by atoms with van der Waals surface area (Å²) in [6.45, 7) is 0. The summed E-state index contributed by atoms with van der Waals surface area (Å²) in [5, 5.41) is 10.1. The Morgan fingerprint density at radius 2 is 1.93 bits per heavy atom. The highest BCUT2D eigenvalue weighted by molar-refractivity contribution is 5.84. The third-order valence-corrected chi connectivity index (χ3v) is 4.81. The quantitative estimate of drug-likeness (QED) is 0.463. The average Bonchev–Trinajstić information content (AvgIpc) is 3.22. The number of para-hydroxylation sites is 2. The highest BCUT2D eigenvalue weighted by atomic mass is 16.5. The molecule has 0 bridgehead atoms. The summed E-state index contributed by atoms with van der Waals surface area (Å²) in [6, 6.07) is 24.7. The molecule has 0 saturated heterocycles. The van der Waals surface area contributed by atoms with Gasteiger partial charge in [0.25, 0.3) is 0 Å². The Kier molecular flexibility index (Phi) is 4.26. The number of nitrogens with zero attached hydrogens (tertiary/aromatic N) is 3. The van der Waals surface area contributed by atoms with Crippen molar-refractivity contribution >= 4 is 27.7 Å². The Labute approximate surface area is 171 Å². The van der Waals surface area contributed by atoms with Crippen molar-refractivity contribution in [1.29, 1.82) is 5.26 Å². The van der Waals surface area contributed by atoms with E-state index in [0.717, 1.165) is 22.0 Å². The minimum Gasteiger partial charge on any atom is -0.497 e. The monoisotopic (exact) mass is 392 g/mol. The molecule has 0 fully saturated rings. The van der Waals surface area contributed by atoms with E-state index in [9.17, 15) is 5.26 Å². The van der Waals surface area contributed by atoms with Gasteiger partial charge in [-0.2, -0.15) is 5.26 Å². The number of methoxy groups -OCH3 is 1. The molecule has 5 rings (SSSR count). The molecule has 6 heteroatoms. The second-order valence-corrected chi connectivity index (χ2v) is 6.75. The maximum atomic E-state index is 9.20. The minimum absolute atomic E-state index is 0.393. The van der Waals surface area contributed by atoms with Gasteiger partial charge in [0.1, 0.15) is 17.2 Å². The molecule has 1 N–H and O–H groups in total. The number of nitriles is 1. The van der Waals surface area contributed by atoms with Crippen molar-refractivity contribution in [2.75, 3.05) is 7.11 Å². The molecule has 0 unspecified atom stereocenters. The number of imidazole rings is 1. The zero-order valence-electron chi connectivity index (χ0n) is 16.1. The van der Waals surface area contributed by atoms with Crippen molar-refractivity contribution in [2.24, 2.45) is 4.99 Å². The third kappa shape index (κ3) is 3.19. The summed E-state index contributed by atoms with van der Waals surface area (Å²) in [5.41, 5.74) is 4.71. The molecule has 0 aliphatic rings. The van der Waals surface area contributed by atoms with E-state index in [1.54, 1.807) is 25.3 Å². The summed E-state index contributed by atoms with van der Waals surface area (Å²) < 4.78 is 11.5. The van der Waals surface area contributed by atoms with E-state index in [-0.39, 0.29) is 0 Å². The lowest BCUT2D eigenvalue weighted by atomic mass is 10.1. The molecule has 0 spiro atoms. The van der Waals surface area contributed by atoms with E-state index >= 15 is 0 Å². The molecule has 5 aromatic rings. The summed E-state index contributed by atoms with van der Waals surface area (Å²) in [4.78, 5) is 12.7. The van der Waals surface area contributed by atoms with Crippen molar-refractivity contribution in [3.05, 3.63) is 83.9 Å². The number of hydrogen-bond donors (Lipinski definition) is 1. The molecule has 2 heterocycles. The molecule has 0 saturated carbocycles. The number of benzene rings is 3. The molecular weight excluding hydrogens is 376 g/mol. The van der Waals surface area contributed by atoms with Gasteiger partial charge in [-0.1, -0.05) is 18.2 Å². The average molecular weight is 392 g/mol. The van der Waals surface area contributed by atoms with E-state index in [0.29, 0.717) is 34.0 Å². The van der Waals surface area contributed by atoms with E-state index in [1.165, 1.54) is 0 Å². The predicted octanol–water partition coefficient (Wildman–Crippen LogP) is 5.09. The largest absolute Gasteiger partial charge is 0.497 e.